The van der Waals surface area contributed by atoms with Crippen LogP contribution in [0.2, 0.25) is 0 Å². The second-order valence-corrected chi connectivity index (χ2v) is 4.13. The Labute approximate surface area is 105 Å². The Morgan fingerprint density at radius 3 is 3.06 bits per heavy atom. The van der Waals surface area contributed by atoms with E-state index in [0.29, 0.717) is 12.2 Å². The number of ether oxygens (including phenoxy) is 2. The number of hydrogen-bond donors (Lipinski definition) is 1. The van der Waals surface area contributed by atoms with Crippen molar-refractivity contribution in [3.05, 3.63) is 28.3 Å². The summed E-state index contributed by atoms with van der Waals surface area (Å²) in [5.74, 6) is 0.261. The molecule has 0 aliphatic carbocycles. The lowest BCUT2D eigenvalue weighted by Crippen LogP contribution is -2.19. The first-order valence-corrected chi connectivity index (χ1v) is 5.89. The highest BCUT2D eigenvalue weighted by Crippen LogP contribution is 2.34. The normalized spacial score (nSPS) is 18.6. The molecule has 0 aromatic heterocycles. The maximum Gasteiger partial charge on any atom is 0.333 e. The van der Waals surface area contributed by atoms with E-state index in [-0.39, 0.29) is 17.5 Å². The van der Waals surface area contributed by atoms with Gasteiger partial charge in [-0.3, -0.25) is 10.1 Å². The summed E-state index contributed by atoms with van der Waals surface area (Å²) in [4.78, 5) is 10.6. The number of nitrogens with one attached hydrogen (secondary N) is 1. The van der Waals surface area contributed by atoms with Crippen molar-refractivity contribution in [3.63, 3.8) is 0 Å². The Bertz CT molecular complexity index is 430. The van der Waals surface area contributed by atoms with E-state index in [9.17, 15) is 10.1 Å². The second kappa shape index (κ2) is 5.68. The average Bonchev–Trinajstić information content (AvgIpc) is 2.88. The average molecular weight is 252 g/mol. The lowest BCUT2D eigenvalue weighted by atomic mass is 10.2. The molecule has 1 fully saturated rings. The number of benzene rings is 1. The monoisotopic (exact) mass is 252 g/mol. The molecule has 1 atom stereocenters. The zero-order valence-electron chi connectivity index (χ0n) is 10.2. The number of nitrogens with zero attached hydrogens (tertiary/aromatic N) is 1. The van der Waals surface area contributed by atoms with Crippen LogP contribution in [0.5, 0.6) is 5.75 Å². The zero-order chi connectivity index (χ0) is 13.0. The Morgan fingerprint density at radius 1 is 1.61 bits per heavy atom. The molecule has 1 unspecified atom stereocenters. The van der Waals surface area contributed by atoms with Crippen molar-refractivity contribution >= 4 is 11.4 Å². The van der Waals surface area contributed by atoms with Crippen LogP contribution in [0.1, 0.15) is 12.8 Å². The van der Waals surface area contributed by atoms with Gasteiger partial charge < -0.3 is 14.8 Å². The van der Waals surface area contributed by atoms with Crippen LogP contribution in [0.25, 0.3) is 0 Å². The van der Waals surface area contributed by atoms with Crippen molar-refractivity contribution in [2.45, 2.75) is 18.9 Å². The van der Waals surface area contributed by atoms with E-state index in [4.69, 9.17) is 9.47 Å². The molecule has 6 heteroatoms. The Hall–Kier alpha value is -1.82. The number of methoxy groups -OCH3 is 1. The molecule has 1 saturated heterocycles. The molecule has 98 valence electrons. The quantitative estimate of drug-likeness (QED) is 0.642. The maximum absolute atomic E-state index is 11.1. The molecule has 1 aliphatic heterocycles. The molecular formula is C12H16N2O4. The van der Waals surface area contributed by atoms with Crippen LogP contribution in [0, 0.1) is 10.1 Å². The van der Waals surface area contributed by atoms with Gasteiger partial charge in [0, 0.05) is 13.2 Å². The van der Waals surface area contributed by atoms with Crippen molar-refractivity contribution in [1.82, 2.24) is 0 Å². The summed E-state index contributed by atoms with van der Waals surface area (Å²) in [5.41, 5.74) is 0.438. The second-order valence-electron chi connectivity index (χ2n) is 4.13. The molecule has 0 amide bonds. The minimum absolute atomic E-state index is 0.0296. The van der Waals surface area contributed by atoms with E-state index < -0.39 is 4.92 Å². The van der Waals surface area contributed by atoms with Crippen LogP contribution in [-0.4, -0.2) is 31.3 Å². The third-order valence-electron chi connectivity index (χ3n) is 2.95. The van der Waals surface area contributed by atoms with E-state index in [0.717, 1.165) is 19.4 Å². The summed E-state index contributed by atoms with van der Waals surface area (Å²) in [5, 5.41) is 14.1. The predicted octanol–water partition coefficient (Wildman–Crippen LogP) is 2.19. The summed E-state index contributed by atoms with van der Waals surface area (Å²) >= 11 is 0. The Balaban J connectivity index is 2.13. The summed E-state index contributed by atoms with van der Waals surface area (Å²) in [6.45, 7) is 1.35. The fourth-order valence-electron chi connectivity index (χ4n) is 2.05. The summed E-state index contributed by atoms with van der Waals surface area (Å²) < 4.78 is 10.5. The van der Waals surface area contributed by atoms with Gasteiger partial charge in [0.05, 0.1) is 18.1 Å². The summed E-state index contributed by atoms with van der Waals surface area (Å²) in [6.07, 6.45) is 2.17. The molecule has 1 aliphatic rings. The topological polar surface area (TPSA) is 73.6 Å². The minimum atomic E-state index is -0.434. The van der Waals surface area contributed by atoms with Gasteiger partial charge in [-0.1, -0.05) is 6.07 Å². The molecule has 0 saturated carbocycles. The molecular weight excluding hydrogens is 236 g/mol. The number of hydrogen-bond acceptors (Lipinski definition) is 5. The number of rotatable bonds is 5. The molecule has 0 spiro atoms. The van der Waals surface area contributed by atoms with Crippen LogP contribution in [0.15, 0.2) is 18.2 Å². The van der Waals surface area contributed by atoms with Crippen molar-refractivity contribution in [3.8, 4) is 5.75 Å². The first kappa shape index (κ1) is 12.6. The molecule has 6 nitrogen and oxygen atoms in total. The highest BCUT2D eigenvalue weighted by molar-refractivity contribution is 5.68. The van der Waals surface area contributed by atoms with Crippen molar-refractivity contribution in [2.24, 2.45) is 0 Å². The van der Waals surface area contributed by atoms with Gasteiger partial charge in [0.1, 0.15) is 5.69 Å². The van der Waals surface area contributed by atoms with Gasteiger partial charge in [-0.25, -0.2) is 0 Å². The molecule has 1 aromatic rings. The lowest BCUT2D eigenvalue weighted by Gasteiger charge is -2.13. The van der Waals surface area contributed by atoms with E-state index in [1.807, 2.05) is 0 Å². The van der Waals surface area contributed by atoms with Crippen LogP contribution < -0.4 is 10.1 Å². The highest BCUT2D eigenvalue weighted by atomic mass is 16.6. The van der Waals surface area contributed by atoms with Gasteiger partial charge in [0.2, 0.25) is 0 Å². The predicted molar refractivity (Wildman–Crippen MR) is 67.1 cm³/mol. The van der Waals surface area contributed by atoms with Gasteiger partial charge in [0.25, 0.3) is 0 Å². The van der Waals surface area contributed by atoms with Crippen LogP contribution in [-0.2, 0) is 4.74 Å². The largest absolute Gasteiger partial charge is 0.490 e. The number of nitro groups is 1. The van der Waals surface area contributed by atoms with Crippen LogP contribution in [0.4, 0.5) is 11.4 Å². The molecule has 1 aromatic carbocycles. The highest BCUT2D eigenvalue weighted by Gasteiger charge is 2.22. The van der Waals surface area contributed by atoms with Gasteiger partial charge in [-0.15, -0.1) is 0 Å². The van der Waals surface area contributed by atoms with E-state index in [1.54, 1.807) is 18.2 Å². The van der Waals surface area contributed by atoms with Gasteiger partial charge in [-0.2, -0.15) is 0 Å². The number of nitro benzene ring substituents is 1. The van der Waals surface area contributed by atoms with Crippen LogP contribution in [0.3, 0.4) is 0 Å². The fourth-order valence-corrected chi connectivity index (χ4v) is 2.05. The number of para-hydroxylation sites is 1. The zero-order valence-corrected chi connectivity index (χ0v) is 10.2. The van der Waals surface area contributed by atoms with Gasteiger partial charge in [-0.05, 0) is 25.0 Å². The Morgan fingerprint density at radius 2 is 2.44 bits per heavy atom. The molecule has 18 heavy (non-hydrogen) atoms. The molecule has 0 bridgehead atoms. The van der Waals surface area contributed by atoms with E-state index in [2.05, 4.69) is 5.32 Å². The first-order valence-electron chi connectivity index (χ1n) is 5.89. The van der Waals surface area contributed by atoms with E-state index in [1.165, 1.54) is 7.11 Å². The van der Waals surface area contributed by atoms with Gasteiger partial charge >= 0.3 is 5.69 Å². The molecule has 2 rings (SSSR count). The first-order chi connectivity index (χ1) is 8.72. The molecule has 0 radical (unpaired) electrons. The number of anilines is 1. The van der Waals surface area contributed by atoms with Crippen molar-refractivity contribution in [1.29, 1.82) is 0 Å². The minimum Gasteiger partial charge on any atom is -0.490 e. The summed E-state index contributed by atoms with van der Waals surface area (Å²) in [6, 6.07) is 4.98. The fraction of sp³-hybridized carbons (Fsp3) is 0.500. The van der Waals surface area contributed by atoms with Crippen LogP contribution >= 0.6 is 0 Å². The van der Waals surface area contributed by atoms with Crippen molar-refractivity contribution in [2.75, 3.05) is 25.6 Å². The van der Waals surface area contributed by atoms with Gasteiger partial charge in [0.15, 0.2) is 5.75 Å². The standard InChI is InChI=1S/C12H16N2O4/c1-17-11-6-2-5-10(12(11)14(15)16)13-8-9-4-3-7-18-9/h2,5-6,9,13H,3-4,7-8H2,1H3. The third kappa shape index (κ3) is 2.70. The third-order valence-corrected chi connectivity index (χ3v) is 2.95. The summed E-state index contributed by atoms with van der Waals surface area (Å²) in [7, 11) is 1.42. The lowest BCUT2D eigenvalue weighted by molar-refractivity contribution is -0.384. The van der Waals surface area contributed by atoms with E-state index >= 15 is 0 Å². The molecule has 1 N–H and O–H groups in total. The van der Waals surface area contributed by atoms with Crippen molar-refractivity contribution < 1.29 is 14.4 Å². The smallest absolute Gasteiger partial charge is 0.333 e. The molecule has 1 heterocycles. The maximum atomic E-state index is 11.1. The Kier molecular flexibility index (Phi) is 3.99. The SMILES string of the molecule is COc1cccc(NCC2CCCO2)c1[N+](=O)[O-].